The van der Waals surface area contributed by atoms with Crippen molar-refractivity contribution in [2.75, 3.05) is 0 Å². The predicted octanol–water partition coefficient (Wildman–Crippen LogP) is 1.26. The van der Waals surface area contributed by atoms with Gasteiger partial charge >= 0.3 is 6.03 Å². The number of nitrogens with one attached hydrogen (secondary N) is 1. The Labute approximate surface area is 94.2 Å². The Morgan fingerprint density at radius 2 is 2.19 bits per heavy atom. The highest BCUT2D eigenvalue weighted by Gasteiger charge is 2.18. The number of carbonyl (C=O) groups is 1. The third kappa shape index (κ3) is 6.74. The standard InChI is InChI=1S/C9H18N4O3/c1-3-4-8(13(15)16)6-5-7(2)11-12-9(10)14/h8H,3-6H2,1-2H3,(H3,10,12,14). The van der Waals surface area contributed by atoms with Crippen LogP contribution in [0.2, 0.25) is 0 Å². The van der Waals surface area contributed by atoms with Gasteiger partial charge in [-0.25, -0.2) is 10.2 Å². The fourth-order valence-electron chi connectivity index (χ4n) is 1.27. The third-order valence-electron chi connectivity index (χ3n) is 2.12. The van der Waals surface area contributed by atoms with Gasteiger partial charge in [-0.05, 0) is 19.8 Å². The van der Waals surface area contributed by atoms with Crippen LogP contribution in [-0.2, 0) is 0 Å². The molecule has 16 heavy (non-hydrogen) atoms. The van der Waals surface area contributed by atoms with Crippen molar-refractivity contribution in [1.29, 1.82) is 0 Å². The Hall–Kier alpha value is -1.66. The number of primary amides is 1. The van der Waals surface area contributed by atoms with Crippen LogP contribution in [-0.4, -0.2) is 22.7 Å². The summed E-state index contributed by atoms with van der Waals surface area (Å²) in [7, 11) is 0. The van der Waals surface area contributed by atoms with Crippen molar-refractivity contribution in [3.8, 4) is 0 Å². The number of nitrogens with two attached hydrogens (primary N) is 1. The molecular formula is C9H18N4O3. The number of hydrogen-bond acceptors (Lipinski definition) is 4. The number of hydrogen-bond donors (Lipinski definition) is 2. The second kappa shape index (κ2) is 7.61. The molecule has 0 aliphatic rings. The van der Waals surface area contributed by atoms with Crippen molar-refractivity contribution in [3.05, 3.63) is 10.1 Å². The van der Waals surface area contributed by atoms with Gasteiger partial charge in [0.05, 0.1) is 0 Å². The molecule has 0 aliphatic carbocycles. The molecule has 0 saturated carbocycles. The van der Waals surface area contributed by atoms with E-state index in [1.165, 1.54) is 0 Å². The van der Waals surface area contributed by atoms with Crippen LogP contribution in [0.1, 0.15) is 39.5 Å². The van der Waals surface area contributed by atoms with Crippen LogP contribution in [0.4, 0.5) is 4.79 Å². The molecule has 0 saturated heterocycles. The summed E-state index contributed by atoms with van der Waals surface area (Å²) in [5, 5.41) is 14.3. The molecule has 92 valence electrons. The molecule has 0 bridgehead atoms. The number of urea groups is 1. The van der Waals surface area contributed by atoms with Crippen molar-refractivity contribution in [2.45, 2.75) is 45.6 Å². The van der Waals surface area contributed by atoms with Gasteiger partial charge in [-0.1, -0.05) is 6.92 Å². The molecule has 7 nitrogen and oxygen atoms in total. The molecule has 0 aromatic carbocycles. The van der Waals surface area contributed by atoms with Crippen molar-refractivity contribution in [2.24, 2.45) is 10.8 Å². The minimum absolute atomic E-state index is 0.266. The lowest BCUT2D eigenvalue weighted by atomic mass is 10.1. The fourth-order valence-corrected chi connectivity index (χ4v) is 1.27. The van der Waals surface area contributed by atoms with Crippen LogP contribution in [0.25, 0.3) is 0 Å². The molecule has 0 spiro atoms. The van der Waals surface area contributed by atoms with Crippen LogP contribution in [0.5, 0.6) is 0 Å². The van der Waals surface area contributed by atoms with E-state index < -0.39 is 12.1 Å². The molecule has 3 N–H and O–H groups in total. The summed E-state index contributed by atoms with van der Waals surface area (Å²) in [5.74, 6) is 0. The summed E-state index contributed by atoms with van der Waals surface area (Å²) < 4.78 is 0. The molecule has 0 heterocycles. The van der Waals surface area contributed by atoms with Crippen LogP contribution in [0, 0.1) is 10.1 Å². The zero-order valence-corrected chi connectivity index (χ0v) is 9.60. The van der Waals surface area contributed by atoms with Crippen molar-refractivity contribution >= 4 is 11.7 Å². The third-order valence-corrected chi connectivity index (χ3v) is 2.12. The molecule has 0 aromatic heterocycles. The van der Waals surface area contributed by atoms with Crippen LogP contribution >= 0.6 is 0 Å². The molecule has 7 heteroatoms. The van der Waals surface area contributed by atoms with E-state index in [0.717, 1.165) is 6.42 Å². The first kappa shape index (κ1) is 14.3. The number of nitro groups is 1. The number of hydrazone groups is 1. The molecule has 0 aromatic rings. The van der Waals surface area contributed by atoms with Gasteiger partial charge in [0.15, 0.2) is 0 Å². The lowest BCUT2D eigenvalue weighted by Crippen LogP contribution is -2.26. The first-order valence-electron chi connectivity index (χ1n) is 5.19. The minimum Gasteiger partial charge on any atom is -0.350 e. The molecule has 2 amide bonds. The average Bonchev–Trinajstić information content (AvgIpc) is 2.20. The van der Waals surface area contributed by atoms with Gasteiger partial charge in [-0.3, -0.25) is 10.1 Å². The van der Waals surface area contributed by atoms with Crippen LogP contribution in [0.3, 0.4) is 0 Å². The zero-order chi connectivity index (χ0) is 12.6. The lowest BCUT2D eigenvalue weighted by Gasteiger charge is -2.07. The Morgan fingerprint density at radius 1 is 1.56 bits per heavy atom. The van der Waals surface area contributed by atoms with E-state index in [4.69, 9.17) is 5.73 Å². The van der Waals surface area contributed by atoms with Crippen molar-refractivity contribution in [1.82, 2.24) is 5.43 Å². The molecular weight excluding hydrogens is 212 g/mol. The van der Waals surface area contributed by atoms with Crippen molar-refractivity contribution in [3.63, 3.8) is 0 Å². The lowest BCUT2D eigenvalue weighted by molar-refractivity contribution is -0.524. The van der Waals surface area contributed by atoms with E-state index in [2.05, 4.69) is 10.5 Å². The summed E-state index contributed by atoms with van der Waals surface area (Å²) in [6.07, 6.45) is 2.24. The largest absolute Gasteiger partial charge is 0.350 e. The Balaban J connectivity index is 4.04. The zero-order valence-electron chi connectivity index (χ0n) is 9.60. The Bertz CT molecular complexity index is 278. The maximum absolute atomic E-state index is 10.6. The summed E-state index contributed by atoms with van der Waals surface area (Å²) >= 11 is 0. The van der Waals surface area contributed by atoms with Gasteiger partial charge in [0.25, 0.3) is 0 Å². The molecule has 1 atom stereocenters. The number of rotatable bonds is 7. The topological polar surface area (TPSA) is 111 Å². The Kier molecular flexibility index (Phi) is 6.82. The van der Waals surface area contributed by atoms with Crippen molar-refractivity contribution < 1.29 is 9.72 Å². The van der Waals surface area contributed by atoms with Gasteiger partial charge < -0.3 is 5.73 Å². The van der Waals surface area contributed by atoms with E-state index in [1.807, 2.05) is 6.92 Å². The van der Waals surface area contributed by atoms with E-state index in [-0.39, 0.29) is 4.92 Å². The maximum Gasteiger partial charge on any atom is 0.332 e. The highest BCUT2D eigenvalue weighted by molar-refractivity contribution is 5.83. The summed E-state index contributed by atoms with van der Waals surface area (Å²) in [4.78, 5) is 20.7. The average molecular weight is 230 g/mol. The van der Waals surface area contributed by atoms with Crippen LogP contribution < -0.4 is 11.2 Å². The van der Waals surface area contributed by atoms with E-state index >= 15 is 0 Å². The SMILES string of the molecule is CCCC(CCC(C)=NNC(N)=O)[N+](=O)[O-]. The normalized spacial score (nSPS) is 13.2. The van der Waals surface area contributed by atoms with Gasteiger partial charge in [0.1, 0.15) is 0 Å². The predicted molar refractivity (Wildman–Crippen MR) is 60.8 cm³/mol. The van der Waals surface area contributed by atoms with Gasteiger partial charge in [-0.15, -0.1) is 0 Å². The maximum atomic E-state index is 10.6. The van der Waals surface area contributed by atoms with E-state index in [9.17, 15) is 14.9 Å². The molecule has 0 fully saturated rings. The van der Waals surface area contributed by atoms with Gasteiger partial charge in [0.2, 0.25) is 6.04 Å². The minimum atomic E-state index is -0.737. The van der Waals surface area contributed by atoms with E-state index in [0.29, 0.717) is 25.0 Å². The summed E-state index contributed by atoms with van der Waals surface area (Å²) in [5.41, 5.74) is 7.54. The van der Waals surface area contributed by atoms with Crippen LogP contribution in [0.15, 0.2) is 5.10 Å². The Morgan fingerprint density at radius 3 is 2.62 bits per heavy atom. The molecule has 0 rings (SSSR count). The van der Waals surface area contributed by atoms with Gasteiger partial charge in [0, 0.05) is 23.5 Å². The smallest absolute Gasteiger partial charge is 0.332 e. The monoisotopic (exact) mass is 230 g/mol. The quantitative estimate of drug-likeness (QED) is 0.390. The number of nitrogens with zero attached hydrogens (tertiary/aromatic N) is 2. The van der Waals surface area contributed by atoms with Gasteiger partial charge in [-0.2, -0.15) is 5.10 Å². The molecule has 0 radical (unpaired) electrons. The summed E-state index contributed by atoms with van der Waals surface area (Å²) in [6, 6.07) is -1.28. The second-order valence-corrected chi connectivity index (χ2v) is 3.59. The number of carbonyl (C=O) groups excluding carboxylic acids is 1. The highest BCUT2D eigenvalue weighted by Crippen LogP contribution is 2.09. The summed E-state index contributed by atoms with van der Waals surface area (Å²) in [6.45, 7) is 3.60. The fraction of sp³-hybridized carbons (Fsp3) is 0.778. The second-order valence-electron chi connectivity index (χ2n) is 3.59. The highest BCUT2D eigenvalue weighted by atomic mass is 16.6. The molecule has 1 unspecified atom stereocenters. The molecule has 0 aliphatic heterocycles. The first-order chi connectivity index (χ1) is 7.47. The first-order valence-corrected chi connectivity index (χ1v) is 5.19. The number of amides is 2. The van der Waals surface area contributed by atoms with E-state index in [1.54, 1.807) is 6.92 Å².